The van der Waals surface area contributed by atoms with Gasteiger partial charge in [0.05, 0.1) is 11.7 Å². The zero-order chi connectivity index (χ0) is 19.8. The Morgan fingerprint density at radius 1 is 1.22 bits per heavy atom. The largest absolute Gasteiger partial charge is 0.481 e. The molecule has 0 saturated heterocycles. The van der Waals surface area contributed by atoms with Crippen LogP contribution in [0.25, 0.3) is 0 Å². The molecular weight excluding hydrogens is 344 g/mol. The van der Waals surface area contributed by atoms with E-state index in [-0.39, 0.29) is 29.0 Å². The van der Waals surface area contributed by atoms with Crippen LogP contribution in [0.5, 0.6) is 0 Å². The van der Waals surface area contributed by atoms with E-state index < -0.39 is 29.0 Å². The Morgan fingerprint density at radius 2 is 1.93 bits per heavy atom. The van der Waals surface area contributed by atoms with E-state index in [0.29, 0.717) is 25.2 Å². The molecule has 0 radical (unpaired) electrons. The molecule has 3 N–H and O–H groups in total. The summed E-state index contributed by atoms with van der Waals surface area (Å²) in [6.45, 7) is 6.21. The first-order valence-electron chi connectivity index (χ1n) is 10.5. The van der Waals surface area contributed by atoms with Gasteiger partial charge in [-0.25, -0.2) is 0 Å². The summed E-state index contributed by atoms with van der Waals surface area (Å²) in [4.78, 5) is 24.1. The lowest BCUT2D eigenvalue weighted by atomic mass is 9.43. The number of carboxylic acids is 1. The Bertz CT molecular complexity index is 701. The van der Waals surface area contributed by atoms with Crippen molar-refractivity contribution < 1.29 is 24.9 Å². The predicted molar refractivity (Wildman–Crippen MR) is 99.8 cm³/mol. The number of hydrogen-bond acceptors (Lipinski definition) is 4. The normalized spacial score (nSPS) is 54.2. The van der Waals surface area contributed by atoms with Gasteiger partial charge in [0.2, 0.25) is 0 Å². The first-order valence-corrected chi connectivity index (χ1v) is 10.5. The van der Waals surface area contributed by atoms with Crippen molar-refractivity contribution in [3.05, 3.63) is 12.2 Å². The van der Waals surface area contributed by atoms with Gasteiger partial charge in [-0.3, -0.25) is 9.59 Å². The minimum atomic E-state index is -1.05. The molecule has 5 nitrogen and oxygen atoms in total. The van der Waals surface area contributed by atoms with Crippen LogP contribution in [0.1, 0.15) is 59.3 Å². The second-order valence-corrected chi connectivity index (χ2v) is 10.0. The molecule has 0 aromatic carbocycles. The second kappa shape index (κ2) is 5.90. The van der Waals surface area contributed by atoms with Gasteiger partial charge in [0, 0.05) is 5.41 Å². The fourth-order valence-corrected chi connectivity index (χ4v) is 7.85. The minimum Gasteiger partial charge on any atom is -0.481 e. The first kappa shape index (κ1) is 19.1. The molecule has 27 heavy (non-hydrogen) atoms. The number of rotatable bonds is 2. The topological polar surface area (TPSA) is 94.8 Å². The van der Waals surface area contributed by atoms with Gasteiger partial charge in [0.25, 0.3) is 0 Å². The molecule has 4 rings (SSSR count). The molecule has 150 valence electrons. The molecule has 0 aliphatic heterocycles. The number of ketones is 1. The summed E-state index contributed by atoms with van der Waals surface area (Å²) in [6.07, 6.45) is 7.23. The summed E-state index contributed by atoms with van der Waals surface area (Å²) >= 11 is 0. The van der Waals surface area contributed by atoms with Crippen LogP contribution in [0, 0.1) is 40.4 Å². The number of carbonyl (C=O) groups is 2. The number of fused-ring (bicyclic) bond motifs is 5. The summed E-state index contributed by atoms with van der Waals surface area (Å²) in [5.41, 5.74) is -1.52. The zero-order valence-corrected chi connectivity index (χ0v) is 16.5. The number of allylic oxidation sites excluding steroid dienone is 2. The Kier molecular flexibility index (Phi) is 4.18. The van der Waals surface area contributed by atoms with Gasteiger partial charge in [0.15, 0.2) is 5.78 Å². The highest BCUT2D eigenvalue weighted by atomic mass is 16.4. The molecule has 0 bridgehead atoms. The molecule has 4 aliphatic carbocycles. The third-order valence-corrected chi connectivity index (χ3v) is 9.27. The lowest BCUT2D eigenvalue weighted by Gasteiger charge is -2.62. The Labute approximate surface area is 160 Å². The van der Waals surface area contributed by atoms with Crippen molar-refractivity contribution in [1.29, 1.82) is 0 Å². The average Bonchev–Trinajstić information content (AvgIpc) is 2.86. The Morgan fingerprint density at radius 3 is 2.56 bits per heavy atom. The van der Waals surface area contributed by atoms with Crippen LogP contribution in [-0.2, 0) is 9.59 Å². The fourth-order valence-electron chi connectivity index (χ4n) is 7.85. The van der Waals surface area contributed by atoms with Crippen molar-refractivity contribution in [3.63, 3.8) is 0 Å². The highest BCUT2D eigenvalue weighted by Crippen LogP contribution is 2.68. The summed E-state index contributed by atoms with van der Waals surface area (Å²) in [5.74, 6) is -2.09. The van der Waals surface area contributed by atoms with Gasteiger partial charge in [-0.2, -0.15) is 0 Å². The van der Waals surface area contributed by atoms with E-state index in [2.05, 4.69) is 6.92 Å². The van der Waals surface area contributed by atoms with Crippen molar-refractivity contribution in [3.8, 4) is 0 Å². The van der Waals surface area contributed by atoms with Crippen LogP contribution in [0.4, 0.5) is 0 Å². The quantitative estimate of drug-likeness (QED) is 0.644. The van der Waals surface area contributed by atoms with Gasteiger partial charge in [-0.1, -0.05) is 26.8 Å². The average molecular weight is 376 g/mol. The van der Waals surface area contributed by atoms with Gasteiger partial charge >= 0.3 is 5.97 Å². The summed E-state index contributed by atoms with van der Waals surface area (Å²) in [7, 11) is 0. The van der Waals surface area contributed by atoms with Crippen molar-refractivity contribution in [1.82, 2.24) is 0 Å². The number of hydrogen-bond donors (Lipinski definition) is 3. The monoisotopic (exact) mass is 376 g/mol. The van der Waals surface area contributed by atoms with Crippen LogP contribution in [0.2, 0.25) is 0 Å². The van der Waals surface area contributed by atoms with Crippen molar-refractivity contribution in [2.75, 3.05) is 0 Å². The summed E-state index contributed by atoms with van der Waals surface area (Å²) in [5, 5.41) is 32.2. The Hall–Kier alpha value is -1.20. The molecule has 2 unspecified atom stereocenters. The minimum absolute atomic E-state index is 0.0558. The van der Waals surface area contributed by atoms with Crippen LogP contribution < -0.4 is 0 Å². The maximum absolute atomic E-state index is 12.3. The molecule has 0 amide bonds. The maximum Gasteiger partial charge on any atom is 0.314 e. The number of aliphatic carboxylic acids is 1. The molecular formula is C22H32O5. The Balaban J connectivity index is 1.75. The van der Waals surface area contributed by atoms with Gasteiger partial charge in [-0.05, 0) is 73.7 Å². The SMILES string of the molecule is CC[C@@]1(O)CC[C@H]2[C@@H]3CCC4C(C(=O)O)C(=O)C=C[C@]4(C)[C@H]3[C@@H](O)C[C@@]21C. The van der Waals surface area contributed by atoms with Crippen molar-refractivity contribution in [2.45, 2.75) is 71.0 Å². The molecule has 0 spiro atoms. The smallest absolute Gasteiger partial charge is 0.314 e. The summed E-state index contributed by atoms with van der Waals surface area (Å²) in [6, 6.07) is 0. The van der Waals surface area contributed by atoms with Gasteiger partial charge < -0.3 is 15.3 Å². The van der Waals surface area contributed by atoms with Crippen LogP contribution in [0.15, 0.2) is 12.2 Å². The molecule has 0 aromatic heterocycles. The van der Waals surface area contributed by atoms with E-state index in [1.165, 1.54) is 6.08 Å². The first-order chi connectivity index (χ1) is 12.6. The molecule has 9 atom stereocenters. The molecule has 3 saturated carbocycles. The highest BCUT2D eigenvalue weighted by Gasteiger charge is 2.67. The lowest BCUT2D eigenvalue weighted by molar-refractivity contribution is -0.189. The molecule has 0 aromatic rings. The van der Waals surface area contributed by atoms with Gasteiger partial charge in [-0.15, -0.1) is 0 Å². The van der Waals surface area contributed by atoms with E-state index in [1.807, 2.05) is 19.9 Å². The fraction of sp³-hybridized carbons (Fsp3) is 0.818. The van der Waals surface area contributed by atoms with E-state index in [4.69, 9.17) is 0 Å². The van der Waals surface area contributed by atoms with Crippen LogP contribution in [-0.4, -0.2) is 38.8 Å². The predicted octanol–water partition coefficient (Wildman–Crippen LogP) is 2.80. The summed E-state index contributed by atoms with van der Waals surface area (Å²) < 4.78 is 0. The van der Waals surface area contributed by atoms with Crippen LogP contribution in [0.3, 0.4) is 0 Å². The van der Waals surface area contributed by atoms with Crippen molar-refractivity contribution in [2.24, 2.45) is 40.4 Å². The molecule has 5 heteroatoms. The zero-order valence-electron chi connectivity index (χ0n) is 16.5. The second-order valence-electron chi connectivity index (χ2n) is 10.0. The molecule has 3 fully saturated rings. The third-order valence-electron chi connectivity index (χ3n) is 9.27. The van der Waals surface area contributed by atoms with Gasteiger partial charge in [0.1, 0.15) is 5.92 Å². The van der Waals surface area contributed by atoms with Crippen molar-refractivity contribution >= 4 is 11.8 Å². The maximum atomic E-state index is 12.3. The standard InChI is InChI=1S/C22H32O5/c1-4-22(27)10-7-13-12-5-6-14-17(19(25)26)15(23)8-9-20(14,2)18(12)16(24)11-21(13,22)3/h8-9,12-14,16-18,24,27H,4-7,10-11H2,1-3H3,(H,25,26)/t12-,13-,14?,16-,17?,18+,20-,21-,22+/m0/s1. The van der Waals surface area contributed by atoms with E-state index in [9.17, 15) is 24.9 Å². The third kappa shape index (κ3) is 2.30. The number of aliphatic hydroxyl groups is 2. The van der Waals surface area contributed by atoms with E-state index in [0.717, 1.165) is 19.3 Å². The number of aliphatic hydroxyl groups excluding tert-OH is 1. The molecule has 0 heterocycles. The number of carbonyl (C=O) groups excluding carboxylic acids is 1. The number of carboxylic acid groups (broad SMARTS) is 1. The van der Waals surface area contributed by atoms with E-state index in [1.54, 1.807) is 0 Å². The van der Waals surface area contributed by atoms with Crippen LogP contribution >= 0.6 is 0 Å². The van der Waals surface area contributed by atoms with E-state index >= 15 is 0 Å². The lowest BCUT2D eigenvalue weighted by Crippen LogP contribution is -2.62. The molecule has 4 aliphatic rings. The highest BCUT2D eigenvalue weighted by molar-refractivity contribution is 6.05.